The Morgan fingerprint density at radius 2 is 1.85 bits per heavy atom. The van der Waals surface area contributed by atoms with Gasteiger partial charge in [0.15, 0.2) is 11.6 Å². The number of hydrogen-bond donors (Lipinski definition) is 2. The minimum absolute atomic E-state index is 0.122. The summed E-state index contributed by atoms with van der Waals surface area (Å²) in [6, 6.07) is 3.63. The maximum absolute atomic E-state index is 15.1. The smallest absolute Gasteiger partial charge is 0.382 e. The Balaban J connectivity index is 1.43. The predicted octanol–water partition coefficient (Wildman–Crippen LogP) is 4.33. The van der Waals surface area contributed by atoms with Crippen LogP contribution in [0.1, 0.15) is 32.0 Å². The van der Waals surface area contributed by atoms with Crippen LogP contribution in [0, 0.1) is 18.6 Å². The molecule has 0 bridgehead atoms. The van der Waals surface area contributed by atoms with Crippen LogP contribution in [0.4, 0.5) is 32.2 Å². The highest BCUT2D eigenvalue weighted by Crippen LogP contribution is 2.39. The van der Waals surface area contributed by atoms with Crippen molar-refractivity contribution in [3.63, 3.8) is 0 Å². The molecule has 0 spiro atoms. The Morgan fingerprint density at radius 1 is 1.12 bits per heavy atom. The molecule has 214 valence electrons. The average Bonchev–Trinajstić information content (AvgIpc) is 3.47. The van der Waals surface area contributed by atoms with Crippen molar-refractivity contribution in [2.75, 3.05) is 18.8 Å². The molecule has 3 aromatic heterocycles. The quantitative estimate of drug-likeness (QED) is 0.253. The number of nitrogens with two attached hydrogens (primary N) is 1. The number of rotatable bonds is 4. The fraction of sp³-hybridized carbons (Fsp3) is 0.240. The number of carbonyl (C=O) groups is 2. The first kappa shape index (κ1) is 28.3. The van der Waals surface area contributed by atoms with Crippen LogP contribution in [-0.4, -0.2) is 61.6 Å². The van der Waals surface area contributed by atoms with Crippen molar-refractivity contribution < 1.29 is 35.9 Å². The number of aryl methyl sites for hydroxylation is 1. The normalized spacial score (nSPS) is 17.3. The predicted molar refractivity (Wildman–Crippen MR) is 136 cm³/mol. The number of aromatic nitrogens is 4. The van der Waals surface area contributed by atoms with Crippen molar-refractivity contribution in [3.05, 3.63) is 75.3 Å². The number of halogens is 7. The molecule has 5 rings (SSSR count). The van der Waals surface area contributed by atoms with E-state index >= 15 is 4.39 Å². The monoisotopic (exact) mass is 641 g/mol. The van der Waals surface area contributed by atoms with E-state index in [9.17, 15) is 31.5 Å². The Bertz CT molecular complexity index is 1710. The van der Waals surface area contributed by atoms with Gasteiger partial charge in [-0.05, 0) is 58.7 Å². The van der Waals surface area contributed by atoms with Gasteiger partial charge in [-0.3, -0.25) is 9.59 Å². The fourth-order valence-electron chi connectivity index (χ4n) is 4.60. The molecule has 4 aromatic rings. The van der Waals surface area contributed by atoms with Gasteiger partial charge in [0.05, 0.1) is 23.8 Å². The lowest BCUT2D eigenvalue weighted by molar-refractivity contribution is -0.136. The van der Waals surface area contributed by atoms with Gasteiger partial charge in [0.2, 0.25) is 0 Å². The third kappa shape index (κ3) is 5.18. The molecule has 0 radical (unpaired) electrons. The molecule has 1 aliphatic heterocycles. The molecule has 1 aliphatic rings. The number of anilines is 1. The topological polar surface area (TPSA) is 119 Å². The largest absolute Gasteiger partial charge is 0.418 e. The van der Waals surface area contributed by atoms with Gasteiger partial charge >= 0.3 is 6.18 Å². The third-order valence-electron chi connectivity index (χ3n) is 6.60. The van der Waals surface area contributed by atoms with E-state index in [4.69, 9.17) is 5.73 Å². The lowest BCUT2D eigenvalue weighted by Crippen LogP contribution is -2.42. The number of amides is 2. The number of alkyl halides is 4. The highest BCUT2D eigenvalue weighted by molar-refractivity contribution is 9.10. The Morgan fingerprint density at radius 3 is 2.54 bits per heavy atom. The van der Waals surface area contributed by atoms with Crippen LogP contribution in [0.3, 0.4) is 0 Å². The summed E-state index contributed by atoms with van der Waals surface area (Å²) in [6.07, 6.45) is -5.65. The molecule has 0 saturated carbocycles. The van der Waals surface area contributed by atoms with Crippen molar-refractivity contribution in [1.29, 1.82) is 0 Å². The molecule has 1 fully saturated rings. The minimum Gasteiger partial charge on any atom is -0.382 e. The number of pyridine rings is 1. The number of likely N-dealkylation sites (tertiary alicyclic amines) is 1. The molecule has 0 unspecified atom stereocenters. The van der Waals surface area contributed by atoms with Gasteiger partial charge in [0, 0.05) is 17.7 Å². The standard InChI is InChI=1S/C25H18BrF6N7O2/c1-10-4-15(28)12(19-6-13(25(30,31)32)20-22(33)34-9-35-39(19)20)5-11(10)23(40)37-18-8-38(7-16(18)29)24(41)17-3-2-14(27)21(26)36-17/h2-6,9,16,18H,7-8H2,1H3,(H,37,40)(H2,33,34,35)/t16-,18+/m0/s1. The summed E-state index contributed by atoms with van der Waals surface area (Å²) in [4.78, 5) is 34.4. The van der Waals surface area contributed by atoms with Crippen LogP contribution in [-0.2, 0) is 6.18 Å². The highest BCUT2D eigenvalue weighted by atomic mass is 79.9. The van der Waals surface area contributed by atoms with E-state index in [1.54, 1.807) is 0 Å². The fourth-order valence-corrected chi connectivity index (χ4v) is 4.92. The van der Waals surface area contributed by atoms with Gasteiger partial charge in [-0.15, -0.1) is 0 Å². The Labute approximate surface area is 235 Å². The maximum atomic E-state index is 15.1. The Hall–Kier alpha value is -4.21. The SMILES string of the molecule is Cc1cc(F)c(-c2cc(C(F)(F)F)c3c(N)ncnn23)cc1C(=O)N[C@@H]1CN(C(=O)c2ccc(F)c(Br)n2)C[C@@H]1F. The van der Waals surface area contributed by atoms with Gasteiger partial charge in [-0.2, -0.15) is 18.3 Å². The van der Waals surface area contributed by atoms with Gasteiger partial charge in [0.25, 0.3) is 11.8 Å². The molecule has 2 atom stereocenters. The van der Waals surface area contributed by atoms with Gasteiger partial charge in [-0.1, -0.05) is 0 Å². The molecule has 3 N–H and O–H groups in total. The summed E-state index contributed by atoms with van der Waals surface area (Å²) in [5, 5.41) is 6.25. The number of nitrogens with zero attached hydrogens (tertiary/aromatic N) is 5. The van der Waals surface area contributed by atoms with Crippen molar-refractivity contribution >= 4 is 39.1 Å². The van der Waals surface area contributed by atoms with E-state index in [0.29, 0.717) is 6.07 Å². The van der Waals surface area contributed by atoms with Gasteiger partial charge in [0.1, 0.15) is 34.1 Å². The van der Waals surface area contributed by atoms with E-state index < -0.39 is 64.3 Å². The summed E-state index contributed by atoms with van der Waals surface area (Å²) in [5.74, 6) is -3.65. The molecule has 4 heterocycles. The lowest BCUT2D eigenvalue weighted by Gasteiger charge is -2.17. The van der Waals surface area contributed by atoms with Crippen LogP contribution in [0.25, 0.3) is 16.8 Å². The zero-order valence-corrected chi connectivity index (χ0v) is 22.4. The van der Waals surface area contributed by atoms with Gasteiger partial charge < -0.3 is 16.0 Å². The van der Waals surface area contributed by atoms with Crippen molar-refractivity contribution in [1.82, 2.24) is 29.8 Å². The van der Waals surface area contributed by atoms with Crippen LogP contribution < -0.4 is 11.1 Å². The van der Waals surface area contributed by atoms with Crippen molar-refractivity contribution in [3.8, 4) is 11.3 Å². The molecular formula is C25H18BrF6N7O2. The van der Waals surface area contributed by atoms with Crippen LogP contribution in [0.2, 0.25) is 0 Å². The van der Waals surface area contributed by atoms with E-state index in [1.165, 1.54) is 6.92 Å². The van der Waals surface area contributed by atoms with E-state index in [-0.39, 0.29) is 40.2 Å². The number of carbonyl (C=O) groups excluding carboxylic acids is 2. The first-order valence-corrected chi connectivity index (χ1v) is 12.6. The summed E-state index contributed by atoms with van der Waals surface area (Å²) in [5.41, 5.74) is 2.98. The summed E-state index contributed by atoms with van der Waals surface area (Å²) < 4.78 is 85.2. The minimum atomic E-state index is -4.87. The zero-order chi connectivity index (χ0) is 29.8. The summed E-state index contributed by atoms with van der Waals surface area (Å²) >= 11 is 2.88. The molecule has 9 nitrogen and oxygen atoms in total. The molecule has 2 amide bonds. The zero-order valence-electron chi connectivity index (χ0n) is 20.8. The maximum Gasteiger partial charge on any atom is 0.418 e. The molecule has 16 heteroatoms. The second-order valence-corrected chi connectivity index (χ2v) is 10.0. The number of fused-ring (bicyclic) bond motifs is 1. The second kappa shape index (κ2) is 10.3. The van der Waals surface area contributed by atoms with Gasteiger partial charge in [-0.25, -0.2) is 27.7 Å². The third-order valence-corrected chi connectivity index (χ3v) is 7.15. The van der Waals surface area contributed by atoms with E-state index in [1.807, 2.05) is 0 Å². The van der Waals surface area contributed by atoms with Crippen LogP contribution in [0.15, 0.2) is 41.3 Å². The first-order chi connectivity index (χ1) is 19.3. The first-order valence-electron chi connectivity index (χ1n) is 11.8. The molecule has 1 aromatic carbocycles. The highest BCUT2D eigenvalue weighted by Gasteiger charge is 2.39. The van der Waals surface area contributed by atoms with Crippen molar-refractivity contribution in [2.24, 2.45) is 0 Å². The molecule has 0 aliphatic carbocycles. The average molecular weight is 642 g/mol. The number of nitrogens with one attached hydrogen (secondary N) is 1. The number of nitrogen functional groups attached to an aromatic ring is 1. The number of benzene rings is 1. The molecule has 1 saturated heterocycles. The van der Waals surface area contributed by atoms with Crippen LogP contribution in [0.5, 0.6) is 0 Å². The second-order valence-electron chi connectivity index (χ2n) is 9.27. The van der Waals surface area contributed by atoms with E-state index in [0.717, 1.165) is 40.0 Å². The molecule has 41 heavy (non-hydrogen) atoms. The number of hydrogen-bond acceptors (Lipinski definition) is 6. The lowest BCUT2D eigenvalue weighted by atomic mass is 10.0. The Kier molecular flexibility index (Phi) is 7.13. The van der Waals surface area contributed by atoms with Crippen LogP contribution >= 0.6 is 15.9 Å². The van der Waals surface area contributed by atoms with E-state index in [2.05, 4.69) is 36.3 Å². The molecular weight excluding hydrogens is 624 g/mol. The summed E-state index contributed by atoms with van der Waals surface area (Å²) in [7, 11) is 0. The van der Waals surface area contributed by atoms with Crippen molar-refractivity contribution in [2.45, 2.75) is 25.3 Å². The summed E-state index contributed by atoms with van der Waals surface area (Å²) in [6.45, 7) is 0.768.